The van der Waals surface area contributed by atoms with Crippen LogP contribution in [0.2, 0.25) is 0 Å². The first kappa shape index (κ1) is 13.8. The summed E-state index contributed by atoms with van der Waals surface area (Å²) in [6.45, 7) is 0. The fraction of sp³-hybridized carbons (Fsp3) is 0.143. The third-order valence-electron chi connectivity index (χ3n) is 3.37. The lowest BCUT2D eigenvalue weighted by Crippen LogP contribution is -2.38. The molecule has 0 spiro atoms. The molecule has 3 rings (SSSR count). The maximum Gasteiger partial charge on any atom is 0.330 e. The molecular formula is C14H13N5O3. The van der Waals surface area contributed by atoms with Gasteiger partial charge in [-0.05, 0) is 12.1 Å². The Morgan fingerprint density at radius 2 is 2.00 bits per heavy atom. The Morgan fingerprint density at radius 3 is 2.77 bits per heavy atom. The predicted octanol–water partition coefficient (Wildman–Crippen LogP) is -0.0160. The van der Waals surface area contributed by atoms with Crippen LogP contribution in [0, 0.1) is 0 Å². The van der Waals surface area contributed by atoms with E-state index in [1.54, 1.807) is 28.9 Å². The zero-order valence-corrected chi connectivity index (χ0v) is 12.0. The molecule has 1 N–H and O–H groups in total. The van der Waals surface area contributed by atoms with Crippen LogP contribution in [0.5, 0.6) is 0 Å². The number of fused-ring (bicyclic) bond motifs is 1. The number of amides is 1. The summed E-state index contributed by atoms with van der Waals surface area (Å²) in [5.74, 6) is -0.461. The van der Waals surface area contributed by atoms with Crippen molar-refractivity contribution in [1.82, 2.24) is 18.7 Å². The van der Waals surface area contributed by atoms with Crippen molar-refractivity contribution in [3.8, 4) is 0 Å². The SMILES string of the molecule is Cn1cc(NC(=O)c2cnn3ccccc23)c(=O)n(C)c1=O. The van der Waals surface area contributed by atoms with Crippen LogP contribution >= 0.6 is 0 Å². The second-order valence-corrected chi connectivity index (χ2v) is 4.84. The lowest BCUT2D eigenvalue weighted by molar-refractivity contribution is 0.102. The van der Waals surface area contributed by atoms with Crippen LogP contribution in [0.3, 0.4) is 0 Å². The lowest BCUT2D eigenvalue weighted by Gasteiger charge is -2.07. The average Bonchev–Trinajstić information content (AvgIpc) is 2.94. The number of aryl methyl sites for hydroxylation is 1. The molecule has 3 aromatic rings. The monoisotopic (exact) mass is 299 g/mol. The van der Waals surface area contributed by atoms with Gasteiger partial charge in [-0.1, -0.05) is 6.07 Å². The van der Waals surface area contributed by atoms with Crippen LogP contribution in [0.1, 0.15) is 10.4 Å². The van der Waals surface area contributed by atoms with E-state index in [-0.39, 0.29) is 5.69 Å². The largest absolute Gasteiger partial charge is 0.330 e. The number of carbonyl (C=O) groups is 1. The third-order valence-corrected chi connectivity index (χ3v) is 3.37. The minimum Gasteiger partial charge on any atom is -0.316 e. The van der Waals surface area contributed by atoms with Crippen molar-refractivity contribution >= 4 is 17.1 Å². The number of nitrogens with one attached hydrogen (secondary N) is 1. The van der Waals surface area contributed by atoms with Gasteiger partial charge in [-0.3, -0.25) is 14.2 Å². The smallest absolute Gasteiger partial charge is 0.316 e. The average molecular weight is 299 g/mol. The molecule has 0 unspecified atom stereocenters. The molecule has 0 bridgehead atoms. The summed E-state index contributed by atoms with van der Waals surface area (Å²) in [5.41, 5.74) is -0.0186. The van der Waals surface area contributed by atoms with Gasteiger partial charge in [0.05, 0.1) is 17.3 Å². The zero-order valence-electron chi connectivity index (χ0n) is 12.0. The van der Waals surface area contributed by atoms with E-state index in [0.717, 1.165) is 4.57 Å². The summed E-state index contributed by atoms with van der Waals surface area (Å²) < 4.78 is 3.73. The molecule has 3 heterocycles. The summed E-state index contributed by atoms with van der Waals surface area (Å²) in [6.07, 6.45) is 4.45. The molecule has 8 nitrogen and oxygen atoms in total. The molecular weight excluding hydrogens is 286 g/mol. The quantitative estimate of drug-likeness (QED) is 0.720. The number of hydrogen-bond acceptors (Lipinski definition) is 4. The summed E-state index contributed by atoms with van der Waals surface area (Å²) in [7, 11) is 2.86. The summed E-state index contributed by atoms with van der Waals surface area (Å²) in [4.78, 5) is 36.0. The van der Waals surface area contributed by atoms with Crippen LogP contribution in [-0.2, 0) is 14.1 Å². The van der Waals surface area contributed by atoms with Gasteiger partial charge >= 0.3 is 5.69 Å². The highest BCUT2D eigenvalue weighted by Crippen LogP contribution is 2.11. The topological polar surface area (TPSA) is 90.4 Å². The molecule has 0 aliphatic carbocycles. The van der Waals surface area contributed by atoms with Crippen LogP contribution in [0.15, 0.2) is 46.4 Å². The molecule has 8 heteroatoms. The van der Waals surface area contributed by atoms with E-state index in [1.807, 2.05) is 0 Å². The molecule has 3 aromatic heterocycles. The van der Waals surface area contributed by atoms with Gasteiger partial charge in [0, 0.05) is 26.5 Å². The fourth-order valence-corrected chi connectivity index (χ4v) is 2.19. The second-order valence-electron chi connectivity index (χ2n) is 4.84. The Kier molecular flexibility index (Phi) is 3.13. The first-order valence-electron chi connectivity index (χ1n) is 6.49. The maximum absolute atomic E-state index is 12.3. The van der Waals surface area contributed by atoms with E-state index in [2.05, 4.69) is 10.4 Å². The Labute approximate surface area is 124 Å². The minimum absolute atomic E-state index is 0.0323. The molecule has 0 saturated heterocycles. The lowest BCUT2D eigenvalue weighted by atomic mass is 10.2. The molecule has 0 radical (unpaired) electrons. The van der Waals surface area contributed by atoms with Gasteiger partial charge in [0.25, 0.3) is 11.5 Å². The summed E-state index contributed by atoms with van der Waals surface area (Å²) in [5, 5.41) is 6.60. The van der Waals surface area contributed by atoms with Gasteiger partial charge in [-0.25, -0.2) is 9.31 Å². The molecule has 0 fully saturated rings. The summed E-state index contributed by atoms with van der Waals surface area (Å²) in [6, 6.07) is 5.34. The first-order chi connectivity index (χ1) is 10.5. The number of nitrogens with zero attached hydrogens (tertiary/aromatic N) is 4. The van der Waals surface area contributed by atoms with Crippen molar-refractivity contribution in [2.45, 2.75) is 0 Å². The molecule has 0 atom stereocenters. The normalized spacial score (nSPS) is 10.8. The van der Waals surface area contributed by atoms with Crippen molar-refractivity contribution in [2.24, 2.45) is 14.1 Å². The van der Waals surface area contributed by atoms with Crippen molar-refractivity contribution in [3.05, 3.63) is 63.2 Å². The van der Waals surface area contributed by atoms with Crippen LogP contribution in [0.4, 0.5) is 5.69 Å². The minimum atomic E-state index is -0.562. The third kappa shape index (κ3) is 2.10. The number of rotatable bonds is 2. The van der Waals surface area contributed by atoms with Crippen molar-refractivity contribution in [1.29, 1.82) is 0 Å². The maximum atomic E-state index is 12.3. The Morgan fingerprint density at radius 1 is 1.23 bits per heavy atom. The van der Waals surface area contributed by atoms with Crippen LogP contribution in [0.25, 0.3) is 5.52 Å². The van der Waals surface area contributed by atoms with E-state index in [0.29, 0.717) is 11.1 Å². The standard InChI is InChI=1S/C14H13N5O3/c1-17-8-10(13(21)18(2)14(17)22)16-12(20)9-7-15-19-6-4-3-5-11(9)19/h3-8H,1-2H3,(H,16,20). The molecule has 0 aliphatic heterocycles. The van der Waals surface area contributed by atoms with E-state index in [1.165, 1.54) is 31.1 Å². The molecule has 0 saturated carbocycles. The molecule has 22 heavy (non-hydrogen) atoms. The first-order valence-corrected chi connectivity index (χ1v) is 6.49. The van der Waals surface area contributed by atoms with Gasteiger partial charge < -0.3 is 9.88 Å². The Hall–Kier alpha value is -3.16. The second kappa shape index (κ2) is 4.99. The number of anilines is 1. The number of aromatic nitrogens is 4. The van der Waals surface area contributed by atoms with Crippen LogP contribution < -0.4 is 16.6 Å². The van der Waals surface area contributed by atoms with E-state index >= 15 is 0 Å². The van der Waals surface area contributed by atoms with Gasteiger partial charge in [0.15, 0.2) is 0 Å². The van der Waals surface area contributed by atoms with Gasteiger partial charge in [0.2, 0.25) is 0 Å². The Balaban J connectivity index is 2.02. The highest BCUT2D eigenvalue weighted by atomic mass is 16.2. The number of pyridine rings is 1. The van der Waals surface area contributed by atoms with E-state index in [9.17, 15) is 14.4 Å². The van der Waals surface area contributed by atoms with Crippen LogP contribution in [-0.4, -0.2) is 24.7 Å². The molecule has 112 valence electrons. The molecule has 0 aromatic carbocycles. The number of carbonyl (C=O) groups excluding carboxylic acids is 1. The van der Waals surface area contributed by atoms with Crippen molar-refractivity contribution in [2.75, 3.05) is 5.32 Å². The fourth-order valence-electron chi connectivity index (χ4n) is 2.19. The van der Waals surface area contributed by atoms with E-state index < -0.39 is 17.2 Å². The van der Waals surface area contributed by atoms with Gasteiger partial charge in [0.1, 0.15) is 5.69 Å². The molecule has 1 amide bonds. The highest BCUT2D eigenvalue weighted by molar-refractivity contribution is 6.08. The van der Waals surface area contributed by atoms with Gasteiger partial charge in [-0.15, -0.1) is 0 Å². The van der Waals surface area contributed by atoms with E-state index in [4.69, 9.17) is 0 Å². The van der Waals surface area contributed by atoms with Crippen molar-refractivity contribution in [3.63, 3.8) is 0 Å². The van der Waals surface area contributed by atoms with Gasteiger partial charge in [-0.2, -0.15) is 5.10 Å². The number of hydrogen-bond donors (Lipinski definition) is 1. The Bertz CT molecular complexity index is 996. The zero-order chi connectivity index (χ0) is 15.9. The van der Waals surface area contributed by atoms with Crippen molar-refractivity contribution < 1.29 is 4.79 Å². The summed E-state index contributed by atoms with van der Waals surface area (Å²) >= 11 is 0. The molecule has 0 aliphatic rings. The predicted molar refractivity (Wildman–Crippen MR) is 80.1 cm³/mol. The highest BCUT2D eigenvalue weighted by Gasteiger charge is 2.15.